The maximum absolute atomic E-state index is 15.4. The molecule has 0 fully saturated rings. The van der Waals surface area contributed by atoms with E-state index in [1.54, 1.807) is 48.9 Å². The van der Waals surface area contributed by atoms with Crippen LogP contribution in [0.25, 0.3) is 22.1 Å². The summed E-state index contributed by atoms with van der Waals surface area (Å²) >= 11 is 0. The van der Waals surface area contributed by atoms with Gasteiger partial charge in [-0.1, -0.05) is 24.8 Å². The lowest BCUT2D eigenvalue weighted by Gasteiger charge is -2.15. The number of hydrogen-bond acceptors (Lipinski definition) is 5. The van der Waals surface area contributed by atoms with E-state index in [4.69, 9.17) is 0 Å². The van der Waals surface area contributed by atoms with Crippen molar-refractivity contribution >= 4 is 28.3 Å². The van der Waals surface area contributed by atoms with Crippen LogP contribution < -0.4 is 0 Å². The second kappa shape index (κ2) is 7.90. The van der Waals surface area contributed by atoms with Crippen LogP contribution in [-0.4, -0.2) is 31.0 Å². The van der Waals surface area contributed by atoms with E-state index in [0.717, 1.165) is 4.52 Å². The molecule has 4 rings (SSSR count). The summed E-state index contributed by atoms with van der Waals surface area (Å²) < 4.78 is 31.8. The number of fused-ring (bicyclic) bond motifs is 2. The molecule has 4 aromatic rings. The summed E-state index contributed by atoms with van der Waals surface area (Å²) in [7, 11) is 0. The number of nitrogens with zero attached hydrogens (tertiary/aromatic N) is 6. The van der Waals surface area contributed by atoms with Crippen molar-refractivity contribution in [1.82, 2.24) is 24.8 Å². The fourth-order valence-corrected chi connectivity index (χ4v) is 3.02. The van der Waals surface area contributed by atoms with Gasteiger partial charge in [-0.25, -0.2) is 0 Å². The zero-order chi connectivity index (χ0) is 21.1. The molecule has 0 bridgehead atoms. The van der Waals surface area contributed by atoms with Crippen molar-refractivity contribution in [2.45, 2.75) is 19.3 Å². The summed E-state index contributed by atoms with van der Waals surface area (Å²) in [6.45, 7) is 5.80. The van der Waals surface area contributed by atoms with Crippen molar-refractivity contribution in [3.8, 4) is 0 Å². The van der Waals surface area contributed by atoms with Gasteiger partial charge in [0.25, 0.3) is 0 Å². The van der Waals surface area contributed by atoms with Gasteiger partial charge in [0.1, 0.15) is 0 Å². The highest BCUT2D eigenvalue weighted by molar-refractivity contribution is 5.79. The molecule has 0 radical (unpaired) electrons. The molecule has 3 heterocycles. The Labute approximate surface area is 171 Å². The lowest BCUT2D eigenvalue weighted by Crippen LogP contribution is -2.20. The molecule has 0 aliphatic carbocycles. The maximum atomic E-state index is 15.4. The van der Waals surface area contributed by atoms with Gasteiger partial charge in [0, 0.05) is 29.6 Å². The van der Waals surface area contributed by atoms with Crippen LogP contribution in [0.4, 0.5) is 8.78 Å². The predicted octanol–water partition coefficient (Wildman–Crippen LogP) is 4.82. The average Bonchev–Trinajstić information content (AvgIpc) is 3.20. The summed E-state index contributed by atoms with van der Waals surface area (Å²) in [5.74, 6) is -3.95. The minimum Gasteiger partial charge on any atom is -0.270 e. The number of hydrogen-bond donors (Lipinski definition) is 0. The van der Waals surface area contributed by atoms with Crippen molar-refractivity contribution < 1.29 is 8.78 Å². The van der Waals surface area contributed by atoms with Gasteiger partial charge in [-0.2, -0.15) is 18.4 Å². The smallest absolute Gasteiger partial charge is 0.270 e. The van der Waals surface area contributed by atoms with E-state index >= 15 is 8.78 Å². The average molecular weight is 404 g/mol. The second-order valence-electron chi connectivity index (χ2n) is 6.60. The van der Waals surface area contributed by atoms with Gasteiger partial charge in [0.2, 0.25) is 5.82 Å². The monoisotopic (exact) mass is 404 g/mol. The molecule has 0 atom stereocenters. The molecule has 8 heteroatoms. The molecule has 0 spiro atoms. The van der Waals surface area contributed by atoms with Gasteiger partial charge >= 0.3 is 5.92 Å². The number of aliphatic imine (C=N–C) groups is 1. The molecule has 0 N–H and O–H groups in total. The first-order valence-corrected chi connectivity index (χ1v) is 9.27. The topological polar surface area (TPSA) is 68.3 Å². The van der Waals surface area contributed by atoms with Crippen molar-refractivity contribution in [3.05, 3.63) is 84.6 Å². The van der Waals surface area contributed by atoms with Crippen molar-refractivity contribution in [3.63, 3.8) is 0 Å². The first-order chi connectivity index (χ1) is 14.5. The Hall–Kier alpha value is -3.81. The highest BCUT2D eigenvalue weighted by Gasteiger charge is 2.40. The molecule has 0 aliphatic rings. The fourth-order valence-electron chi connectivity index (χ4n) is 3.02. The molecular formula is C22H18F2N6. The van der Waals surface area contributed by atoms with E-state index in [-0.39, 0.29) is 11.2 Å². The van der Waals surface area contributed by atoms with Crippen LogP contribution in [0.15, 0.2) is 72.5 Å². The molecule has 6 nitrogen and oxygen atoms in total. The second-order valence-corrected chi connectivity index (χ2v) is 6.60. The standard InChI is InChI=1S/C22H18F2N6/c1-3-25-12-4-6-15(2)18-10-11-20-27-28-21(30(20)29-18)22(23,24)17-8-9-19-16(14-17)7-5-13-26-19/h3-5,7-14H,2,6H2,1H3/b12-4-,25-3?. The normalized spacial score (nSPS) is 12.5. The highest BCUT2D eigenvalue weighted by Crippen LogP contribution is 2.35. The Morgan fingerprint density at radius 1 is 1.20 bits per heavy atom. The molecule has 0 aliphatic heterocycles. The Morgan fingerprint density at radius 2 is 2.07 bits per heavy atom. The summed E-state index contributed by atoms with van der Waals surface area (Å²) in [6, 6.07) is 11.0. The van der Waals surface area contributed by atoms with E-state index in [0.29, 0.717) is 28.6 Å². The number of aromatic nitrogens is 5. The minimum atomic E-state index is -3.40. The lowest BCUT2D eigenvalue weighted by molar-refractivity contribution is 0.0307. The maximum Gasteiger partial charge on any atom is 0.333 e. The number of halogens is 2. The number of pyridine rings is 1. The zero-order valence-corrected chi connectivity index (χ0v) is 16.2. The number of alkyl halides is 2. The molecule has 3 aromatic heterocycles. The van der Waals surface area contributed by atoms with Gasteiger partial charge in [-0.3, -0.25) is 9.98 Å². The van der Waals surface area contributed by atoms with Crippen molar-refractivity contribution in [2.24, 2.45) is 4.99 Å². The van der Waals surface area contributed by atoms with Crippen LogP contribution in [0.5, 0.6) is 0 Å². The zero-order valence-electron chi connectivity index (χ0n) is 16.2. The number of rotatable bonds is 6. The van der Waals surface area contributed by atoms with Crippen LogP contribution >= 0.6 is 0 Å². The highest BCUT2D eigenvalue weighted by atomic mass is 19.3. The third-order valence-corrected chi connectivity index (χ3v) is 4.58. The third kappa shape index (κ3) is 3.59. The quantitative estimate of drug-likeness (QED) is 0.432. The Morgan fingerprint density at radius 3 is 2.90 bits per heavy atom. The van der Waals surface area contributed by atoms with Gasteiger partial charge in [-0.15, -0.1) is 10.2 Å². The molecule has 150 valence electrons. The first kappa shape index (κ1) is 19.5. The summed E-state index contributed by atoms with van der Waals surface area (Å²) in [5.41, 5.74) is 1.81. The Balaban J connectivity index is 1.72. The van der Waals surface area contributed by atoms with E-state index in [1.807, 2.05) is 13.0 Å². The third-order valence-electron chi connectivity index (χ3n) is 4.58. The van der Waals surface area contributed by atoms with Crippen LogP contribution in [-0.2, 0) is 5.92 Å². The van der Waals surface area contributed by atoms with Gasteiger partial charge in [0.15, 0.2) is 5.65 Å². The van der Waals surface area contributed by atoms with E-state index in [9.17, 15) is 0 Å². The van der Waals surface area contributed by atoms with Crippen LogP contribution in [0, 0.1) is 0 Å². The molecular weight excluding hydrogens is 386 g/mol. The van der Waals surface area contributed by atoms with Gasteiger partial charge in [-0.05, 0) is 49.2 Å². The van der Waals surface area contributed by atoms with Crippen molar-refractivity contribution in [1.29, 1.82) is 0 Å². The lowest BCUT2D eigenvalue weighted by atomic mass is 10.0. The predicted molar refractivity (Wildman–Crippen MR) is 112 cm³/mol. The van der Waals surface area contributed by atoms with E-state index in [1.165, 1.54) is 12.1 Å². The van der Waals surface area contributed by atoms with Crippen LogP contribution in [0.3, 0.4) is 0 Å². The molecule has 0 saturated heterocycles. The first-order valence-electron chi connectivity index (χ1n) is 9.27. The van der Waals surface area contributed by atoms with Gasteiger partial charge < -0.3 is 0 Å². The number of allylic oxidation sites excluding steroid dienone is 2. The Kier molecular flexibility index (Phi) is 5.14. The summed E-state index contributed by atoms with van der Waals surface area (Å²) in [5, 5.41) is 12.5. The molecule has 0 unspecified atom stereocenters. The van der Waals surface area contributed by atoms with Crippen molar-refractivity contribution in [2.75, 3.05) is 0 Å². The largest absolute Gasteiger partial charge is 0.333 e. The Bertz CT molecular complexity index is 1290. The SMILES string of the molecule is C=C(C/C=C\N=CC)c1ccc2nnc(C(F)(F)c3ccc4ncccc4c3)n2n1. The molecule has 0 saturated carbocycles. The summed E-state index contributed by atoms with van der Waals surface area (Å²) in [4.78, 5) is 8.15. The molecule has 30 heavy (non-hydrogen) atoms. The molecule has 1 aromatic carbocycles. The van der Waals surface area contributed by atoms with Crippen LogP contribution in [0.2, 0.25) is 0 Å². The summed E-state index contributed by atoms with van der Waals surface area (Å²) in [6.07, 6.45) is 7.24. The van der Waals surface area contributed by atoms with Crippen LogP contribution in [0.1, 0.15) is 30.4 Å². The molecule has 0 amide bonds. The van der Waals surface area contributed by atoms with E-state index < -0.39 is 11.7 Å². The fraction of sp³-hybridized carbons (Fsp3) is 0.136. The van der Waals surface area contributed by atoms with E-state index in [2.05, 4.69) is 31.9 Å². The van der Waals surface area contributed by atoms with Gasteiger partial charge in [0.05, 0.1) is 11.2 Å². The number of benzene rings is 1. The minimum absolute atomic E-state index is 0.205.